The molecule has 0 fully saturated rings. The van der Waals surface area contributed by atoms with Gasteiger partial charge in [-0.25, -0.2) is 0 Å². The van der Waals surface area contributed by atoms with Crippen LogP contribution in [0.3, 0.4) is 0 Å². The summed E-state index contributed by atoms with van der Waals surface area (Å²) in [6.45, 7) is 0. The van der Waals surface area contributed by atoms with Gasteiger partial charge in [0, 0.05) is 23.5 Å². The number of nitro benzene ring substituents is 1. The summed E-state index contributed by atoms with van der Waals surface area (Å²) in [5.41, 5.74) is 2.22. The molecule has 0 aromatic heterocycles. The van der Waals surface area contributed by atoms with E-state index < -0.39 is 4.92 Å². The number of anilines is 2. The van der Waals surface area contributed by atoms with Crippen molar-refractivity contribution in [3.05, 3.63) is 58.6 Å². The van der Waals surface area contributed by atoms with Gasteiger partial charge in [-0.2, -0.15) is 4.99 Å². The summed E-state index contributed by atoms with van der Waals surface area (Å²) in [5.74, 6) is 0. The Labute approximate surface area is 114 Å². The minimum atomic E-state index is -0.428. The lowest BCUT2D eigenvalue weighted by atomic mass is 10.2. The van der Waals surface area contributed by atoms with Crippen LogP contribution in [0.25, 0.3) is 0 Å². The normalized spacial score (nSPS) is 9.47. The standard InChI is InChI=1S/C13H9N3O2S/c17-16(18)13-3-1-2-12(8-13)15-11-6-4-10(5-7-11)14-9-19/h1-8,15H. The molecule has 94 valence electrons. The highest BCUT2D eigenvalue weighted by atomic mass is 32.1. The van der Waals surface area contributed by atoms with Crippen molar-refractivity contribution in [2.45, 2.75) is 0 Å². The van der Waals surface area contributed by atoms with E-state index in [1.165, 1.54) is 12.1 Å². The molecule has 2 aromatic carbocycles. The fraction of sp³-hybridized carbons (Fsp3) is 0. The first-order valence-electron chi connectivity index (χ1n) is 5.38. The molecule has 0 aliphatic carbocycles. The van der Waals surface area contributed by atoms with Crippen molar-refractivity contribution in [3.8, 4) is 0 Å². The number of hydrogen-bond acceptors (Lipinski definition) is 5. The molecule has 1 N–H and O–H groups in total. The molecule has 2 rings (SSSR count). The molecule has 0 saturated carbocycles. The van der Waals surface area contributed by atoms with Gasteiger partial charge in [-0.1, -0.05) is 6.07 Å². The topological polar surface area (TPSA) is 67.5 Å². The summed E-state index contributed by atoms with van der Waals surface area (Å²) >= 11 is 4.51. The van der Waals surface area contributed by atoms with E-state index >= 15 is 0 Å². The number of nitrogens with zero attached hydrogens (tertiary/aromatic N) is 2. The van der Waals surface area contributed by atoms with E-state index in [4.69, 9.17) is 0 Å². The van der Waals surface area contributed by atoms with Crippen molar-refractivity contribution in [1.29, 1.82) is 0 Å². The molecule has 0 aliphatic rings. The van der Waals surface area contributed by atoms with Crippen LogP contribution in [0.5, 0.6) is 0 Å². The number of isothiocyanates is 1. The minimum Gasteiger partial charge on any atom is -0.355 e. The first kappa shape index (κ1) is 12.9. The summed E-state index contributed by atoms with van der Waals surface area (Å²) in [7, 11) is 0. The van der Waals surface area contributed by atoms with Crippen molar-refractivity contribution < 1.29 is 4.92 Å². The van der Waals surface area contributed by atoms with Crippen LogP contribution in [0.15, 0.2) is 53.5 Å². The number of hydrogen-bond donors (Lipinski definition) is 1. The number of aliphatic imine (C=N–C) groups is 1. The van der Waals surface area contributed by atoms with Crippen LogP contribution in [0.4, 0.5) is 22.7 Å². The SMILES string of the molecule is O=[N+]([O-])c1cccc(Nc2ccc(N=C=S)cc2)c1. The average Bonchev–Trinajstić information content (AvgIpc) is 2.42. The molecular formula is C13H9N3O2S. The molecule has 0 bridgehead atoms. The van der Waals surface area contributed by atoms with E-state index in [0.717, 1.165) is 5.69 Å². The molecule has 5 nitrogen and oxygen atoms in total. The van der Waals surface area contributed by atoms with Crippen molar-refractivity contribution >= 4 is 40.1 Å². The Morgan fingerprint density at radius 3 is 2.53 bits per heavy atom. The second kappa shape index (κ2) is 5.86. The molecule has 0 aliphatic heterocycles. The molecule has 6 heteroatoms. The van der Waals surface area contributed by atoms with E-state index in [1.54, 1.807) is 24.3 Å². The van der Waals surface area contributed by atoms with Crippen molar-refractivity contribution in [2.24, 2.45) is 4.99 Å². The van der Waals surface area contributed by atoms with E-state index in [1.807, 2.05) is 12.1 Å². The highest BCUT2D eigenvalue weighted by Crippen LogP contribution is 2.23. The Bertz CT molecular complexity index is 649. The van der Waals surface area contributed by atoms with Crippen LogP contribution in [0.2, 0.25) is 0 Å². The molecule has 0 spiro atoms. The molecule has 0 unspecified atom stereocenters. The Kier molecular flexibility index (Phi) is 3.97. The second-order valence-corrected chi connectivity index (χ2v) is 3.86. The van der Waals surface area contributed by atoms with Gasteiger partial charge in [-0.3, -0.25) is 10.1 Å². The van der Waals surface area contributed by atoms with Gasteiger partial charge in [0.25, 0.3) is 5.69 Å². The van der Waals surface area contributed by atoms with Crippen LogP contribution < -0.4 is 5.32 Å². The van der Waals surface area contributed by atoms with Crippen LogP contribution >= 0.6 is 12.2 Å². The zero-order valence-electron chi connectivity index (χ0n) is 9.74. The molecular weight excluding hydrogens is 262 g/mol. The van der Waals surface area contributed by atoms with Crippen LogP contribution in [-0.2, 0) is 0 Å². The van der Waals surface area contributed by atoms with Crippen molar-refractivity contribution in [1.82, 2.24) is 0 Å². The highest BCUT2D eigenvalue weighted by molar-refractivity contribution is 7.78. The first-order chi connectivity index (χ1) is 9.19. The monoisotopic (exact) mass is 271 g/mol. The quantitative estimate of drug-likeness (QED) is 0.394. The minimum absolute atomic E-state index is 0.0481. The number of thiocarbonyl (C=S) groups is 1. The van der Waals surface area contributed by atoms with E-state index in [-0.39, 0.29) is 5.69 Å². The average molecular weight is 271 g/mol. The maximum absolute atomic E-state index is 10.7. The third-order valence-corrected chi connectivity index (χ3v) is 2.48. The summed E-state index contributed by atoms with van der Waals surface area (Å²) in [6.07, 6.45) is 0. The van der Waals surface area contributed by atoms with E-state index in [0.29, 0.717) is 11.4 Å². The van der Waals surface area contributed by atoms with Crippen molar-refractivity contribution in [3.63, 3.8) is 0 Å². The lowest BCUT2D eigenvalue weighted by molar-refractivity contribution is -0.384. The first-order valence-corrected chi connectivity index (χ1v) is 5.79. The molecule has 0 heterocycles. The third-order valence-electron chi connectivity index (χ3n) is 2.39. The smallest absolute Gasteiger partial charge is 0.271 e. The van der Waals surface area contributed by atoms with Gasteiger partial charge in [0.15, 0.2) is 0 Å². The summed E-state index contributed by atoms with van der Waals surface area (Å²) in [4.78, 5) is 14.1. The van der Waals surface area contributed by atoms with Gasteiger partial charge in [0.05, 0.1) is 15.8 Å². The van der Waals surface area contributed by atoms with E-state index in [2.05, 4.69) is 27.7 Å². The maximum Gasteiger partial charge on any atom is 0.271 e. The Balaban J connectivity index is 2.18. The zero-order chi connectivity index (χ0) is 13.7. The van der Waals surface area contributed by atoms with E-state index in [9.17, 15) is 10.1 Å². The molecule has 2 aromatic rings. The third kappa shape index (κ3) is 3.45. The summed E-state index contributed by atoms with van der Waals surface area (Å²) in [6, 6.07) is 13.5. The number of nitrogens with one attached hydrogen (secondary N) is 1. The molecule has 0 amide bonds. The van der Waals surface area contributed by atoms with Gasteiger partial charge >= 0.3 is 0 Å². The summed E-state index contributed by atoms with van der Waals surface area (Å²) in [5, 5.41) is 16.0. The van der Waals surface area contributed by atoms with Gasteiger partial charge in [-0.15, -0.1) is 0 Å². The second-order valence-electron chi connectivity index (χ2n) is 3.68. The largest absolute Gasteiger partial charge is 0.355 e. The Hall–Kier alpha value is -2.56. The lowest BCUT2D eigenvalue weighted by Crippen LogP contribution is -1.92. The zero-order valence-corrected chi connectivity index (χ0v) is 10.6. The van der Waals surface area contributed by atoms with Crippen molar-refractivity contribution in [2.75, 3.05) is 5.32 Å². The molecule has 0 atom stereocenters. The van der Waals surface area contributed by atoms with Crippen LogP contribution in [0.1, 0.15) is 0 Å². The Morgan fingerprint density at radius 1 is 1.16 bits per heavy atom. The molecule has 0 radical (unpaired) electrons. The van der Waals surface area contributed by atoms with Gasteiger partial charge in [0.1, 0.15) is 0 Å². The van der Waals surface area contributed by atoms with Gasteiger partial charge in [-0.05, 0) is 42.5 Å². The number of rotatable bonds is 4. The maximum atomic E-state index is 10.7. The molecule has 0 saturated heterocycles. The number of non-ortho nitro benzene ring substituents is 1. The summed E-state index contributed by atoms with van der Waals surface area (Å²) < 4.78 is 0. The van der Waals surface area contributed by atoms with Gasteiger partial charge < -0.3 is 5.32 Å². The predicted octanol–water partition coefficient (Wildman–Crippen LogP) is 4.07. The lowest BCUT2D eigenvalue weighted by Gasteiger charge is -2.06. The molecule has 19 heavy (non-hydrogen) atoms. The Morgan fingerprint density at radius 2 is 1.89 bits per heavy atom. The predicted molar refractivity (Wildman–Crippen MR) is 77.5 cm³/mol. The van der Waals surface area contributed by atoms with Crippen LogP contribution in [0, 0.1) is 10.1 Å². The number of benzene rings is 2. The fourth-order valence-corrected chi connectivity index (χ4v) is 1.64. The van der Waals surface area contributed by atoms with Gasteiger partial charge in [0.2, 0.25) is 0 Å². The number of nitro groups is 1. The fourth-order valence-electron chi connectivity index (χ4n) is 1.54. The highest BCUT2D eigenvalue weighted by Gasteiger charge is 2.05. The van der Waals surface area contributed by atoms with Crippen LogP contribution in [-0.4, -0.2) is 10.1 Å².